The molecule has 1 aromatic rings. The molecule has 1 amide bonds. The summed E-state index contributed by atoms with van der Waals surface area (Å²) in [7, 11) is 0. The number of hydrogen-bond acceptors (Lipinski definition) is 5. The van der Waals surface area contributed by atoms with Crippen molar-refractivity contribution in [3.05, 3.63) is 18.5 Å². The van der Waals surface area contributed by atoms with Crippen molar-refractivity contribution in [3.8, 4) is 0 Å². The SMILES string of the molecule is CCCNC(CCSc1ncccn1)C(N)=O. The molecule has 0 radical (unpaired) electrons. The van der Waals surface area contributed by atoms with Crippen molar-refractivity contribution < 1.29 is 4.79 Å². The molecule has 3 N–H and O–H groups in total. The molecule has 0 saturated heterocycles. The lowest BCUT2D eigenvalue weighted by molar-refractivity contribution is -0.120. The van der Waals surface area contributed by atoms with Crippen LogP contribution in [0.1, 0.15) is 19.8 Å². The molecule has 0 aliphatic heterocycles. The maximum absolute atomic E-state index is 11.2. The number of aromatic nitrogens is 2. The highest BCUT2D eigenvalue weighted by molar-refractivity contribution is 7.99. The van der Waals surface area contributed by atoms with Gasteiger partial charge in [0.2, 0.25) is 5.91 Å². The second-order valence-electron chi connectivity index (χ2n) is 3.58. The zero-order chi connectivity index (χ0) is 12.5. The van der Waals surface area contributed by atoms with Crippen LogP contribution in [0.2, 0.25) is 0 Å². The Bertz CT molecular complexity index is 334. The zero-order valence-corrected chi connectivity index (χ0v) is 10.7. The Morgan fingerprint density at radius 2 is 2.24 bits per heavy atom. The average molecular weight is 254 g/mol. The number of amides is 1. The molecule has 0 spiro atoms. The van der Waals surface area contributed by atoms with Crippen LogP contribution in [0.3, 0.4) is 0 Å². The number of rotatable bonds is 8. The summed E-state index contributed by atoms with van der Waals surface area (Å²) in [6.45, 7) is 2.86. The molecule has 5 nitrogen and oxygen atoms in total. The van der Waals surface area contributed by atoms with Gasteiger partial charge >= 0.3 is 0 Å². The van der Waals surface area contributed by atoms with Gasteiger partial charge < -0.3 is 11.1 Å². The van der Waals surface area contributed by atoms with E-state index in [1.807, 2.05) is 0 Å². The van der Waals surface area contributed by atoms with Crippen molar-refractivity contribution in [1.82, 2.24) is 15.3 Å². The van der Waals surface area contributed by atoms with E-state index in [1.165, 1.54) is 11.8 Å². The van der Waals surface area contributed by atoms with E-state index in [0.717, 1.165) is 23.9 Å². The number of hydrogen-bond donors (Lipinski definition) is 2. The van der Waals surface area contributed by atoms with E-state index < -0.39 is 0 Å². The van der Waals surface area contributed by atoms with Gasteiger partial charge in [-0.1, -0.05) is 18.7 Å². The van der Waals surface area contributed by atoms with Gasteiger partial charge in [0.1, 0.15) is 0 Å². The number of nitrogens with one attached hydrogen (secondary N) is 1. The van der Waals surface area contributed by atoms with Crippen molar-refractivity contribution in [2.45, 2.75) is 31.0 Å². The minimum Gasteiger partial charge on any atom is -0.368 e. The molecule has 0 aliphatic rings. The minimum atomic E-state index is -0.298. The molecule has 94 valence electrons. The van der Waals surface area contributed by atoms with Crippen LogP contribution < -0.4 is 11.1 Å². The summed E-state index contributed by atoms with van der Waals surface area (Å²) in [6.07, 6.45) is 5.09. The largest absolute Gasteiger partial charge is 0.368 e. The van der Waals surface area contributed by atoms with E-state index in [1.54, 1.807) is 18.5 Å². The molecule has 0 fully saturated rings. The van der Waals surface area contributed by atoms with Crippen molar-refractivity contribution in [3.63, 3.8) is 0 Å². The Labute approximate surface area is 106 Å². The molecule has 1 atom stereocenters. The third-order valence-corrected chi connectivity index (χ3v) is 3.07. The zero-order valence-electron chi connectivity index (χ0n) is 9.93. The second-order valence-corrected chi connectivity index (χ2v) is 4.64. The van der Waals surface area contributed by atoms with Gasteiger partial charge in [0.15, 0.2) is 5.16 Å². The van der Waals surface area contributed by atoms with Crippen LogP contribution >= 0.6 is 11.8 Å². The fourth-order valence-corrected chi connectivity index (χ4v) is 2.10. The Hall–Kier alpha value is -1.14. The highest BCUT2D eigenvalue weighted by Crippen LogP contribution is 2.13. The lowest BCUT2D eigenvalue weighted by Crippen LogP contribution is -2.41. The lowest BCUT2D eigenvalue weighted by atomic mass is 10.2. The number of thioether (sulfide) groups is 1. The smallest absolute Gasteiger partial charge is 0.234 e. The van der Waals surface area contributed by atoms with E-state index >= 15 is 0 Å². The molecule has 1 aromatic heterocycles. The summed E-state index contributed by atoms with van der Waals surface area (Å²) in [6, 6.07) is 1.52. The van der Waals surface area contributed by atoms with Gasteiger partial charge in [-0.15, -0.1) is 0 Å². The maximum Gasteiger partial charge on any atom is 0.234 e. The summed E-state index contributed by atoms with van der Waals surface area (Å²) >= 11 is 1.53. The van der Waals surface area contributed by atoms with Gasteiger partial charge in [-0.05, 0) is 25.5 Å². The summed E-state index contributed by atoms with van der Waals surface area (Å²) in [4.78, 5) is 19.4. The fraction of sp³-hybridized carbons (Fsp3) is 0.545. The second kappa shape index (κ2) is 8.03. The molecule has 1 rings (SSSR count). The Balaban J connectivity index is 2.29. The maximum atomic E-state index is 11.2. The molecular formula is C11H18N4OS. The summed E-state index contributed by atoms with van der Waals surface area (Å²) in [5, 5.41) is 3.85. The number of nitrogens with two attached hydrogens (primary N) is 1. The third kappa shape index (κ3) is 5.65. The van der Waals surface area contributed by atoms with Crippen molar-refractivity contribution >= 4 is 17.7 Å². The average Bonchev–Trinajstić information content (AvgIpc) is 2.34. The summed E-state index contributed by atoms with van der Waals surface area (Å²) in [5.74, 6) is 0.474. The van der Waals surface area contributed by atoms with Crippen LogP contribution in [0.5, 0.6) is 0 Å². The molecule has 1 heterocycles. The quantitative estimate of drug-likeness (QED) is 0.530. The first kappa shape index (κ1) is 13.9. The molecule has 6 heteroatoms. The molecule has 1 unspecified atom stereocenters. The van der Waals surface area contributed by atoms with Gasteiger partial charge in [-0.25, -0.2) is 9.97 Å². The molecule has 0 bridgehead atoms. The van der Waals surface area contributed by atoms with Crippen LogP contribution in [0, 0.1) is 0 Å². The first-order valence-electron chi connectivity index (χ1n) is 5.66. The van der Waals surface area contributed by atoms with Gasteiger partial charge in [0.05, 0.1) is 6.04 Å². The van der Waals surface area contributed by atoms with Crippen LogP contribution in [-0.4, -0.2) is 34.2 Å². The van der Waals surface area contributed by atoms with Crippen molar-refractivity contribution in [2.24, 2.45) is 5.73 Å². The topological polar surface area (TPSA) is 80.9 Å². The Kier molecular flexibility index (Phi) is 6.57. The Morgan fingerprint density at radius 3 is 2.82 bits per heavy atom. The molecular weight excluding hydrogens is 236 g/mol. The highest BCUT2D eigenvalue weighted by atomic mass is 32.2. The van der Waals surface area contributed by atoms with E-state index in [0.29, 0.717) is 6.42 Å². The number of carbonyl (C=O) groups excluding carboxylic acids is 1. The summed E-state index contributed by atoms with van der Waals surface area (Å²) in [5.41, 5.74) is 5.31. The molecule has 0 aromatic carbocycles. The fourth-order valence-electron chi connectivity index (χ4n) is 1.29. The normalized spacial score (nSPS) is 12.3. The summed E-state index contributed by atoms with van der Waals surface area (Å²) < 4.78 is 0. The Morgan fingerprint density at radius 1 is 1.53 bits per heavy atom. The van der Waals surface area contributed by atoms with Crippen LogP contribution in [0.4, 0.5) is 0 Å². The first-order valence-corrected chi connectivity index (χ1v) is 6.65. The van der Waals surface area contributed by atoms with Crippen molar-refractivity contribution in [2.75, 3.05) is 12.3 Å². The van der Waals surface area contributed by atoms with Crippen LogP contribution in [0.25, 0.3) is 0 Å². The number of primary amides is 1. The van der Waals surface area contributed by atoms with Gasteiger partial charge in [0, 0.05) is 18.1 Å². The first-order chi connectivity index (χ1) is 8.24. The van der Waals surface area contributed by atoms with Crippen LogP contribution in [0.15, 0.2) is 23.6 Å². The van der Waals surface area contributed by atoms with E-state index in [9.17, 15) is 4.79 Å². The predicted octanol–water partition coefficient (Wildman–Crippen LogP) is 0.812. The standard InChI is InChI=1S/C11H18N4OS/c1-2-5-13-9(10(12)16)4-8-17-11-14-6-3-7-15-11/h3,6-7,9,13H,2,4-5,8H2,1H3,(H2,12,16). The predicted molar refractivity (Wildman–Crippen MR) is 68.6 cm³/mol. The lowest BCUT2D eigenvalue weighted by Gasteiger charge is -2.13. The monoisotopic (exact) mass is 254 g/mol. The highest BCUT2D eigenvalue weighted by Gasteiger charge is 2.13. The van der Waals surface area contributed by atoms with E-state index in [4.69, 9.17) is 5.73 Å². The minimum absolute atomic E-state index is 0.258. The number of nitrogens with zero attached hydrogens (tertiary/aromatic N) is 2. The molecule has 17 heavy (non-hydrogen) atoms. The van der Waals surface area contributed by atoms with Gasteiger partial charge in [0.25, 0.3) is 0 Å². The van der Waals surface area contributed by atoms with E-state index in [-0.39, 0.29) is 11.9 Å². The van der Waals surface area contributed by atoms with Crippen molar-refractivity contribution in [1.29, 1.82) is 0 Å². The third-order valence-electron chi connectivity index (χ3n) is 2.16. The number of carbonyl (C=O) groups is 1. The van der Waals surface area contributed by atoms with Crippen LogP contribution in [-0.2, 0) is 4.79 Å². The van der Waals surface area contributed by atoms with Gasteiger partial charge in [-0.2, -0.15) is 0 Å². The van der Waals surface area contributed by atoms with Gasteiger partial charge in [-0.3, -0.25) is 4.79 Å². The van der Waals surface area contributed by atoms with E-state index in [2.05, 4.69) is 22.2 Å². The molecule has 0 aliphatic carbocycles. The molecule has 0 saturated carbocycles.